The van der Waals surface area contributed by atoms with Gasteiger partial charge >= 0.3 is 6.55 Å². The molecule has 2 N–H and O–H groups in total. The number of nitrogens with one attached hydrogen (secondary N) is 2. The molecule has 36 heavy (non-hydrogen) atoms. The van der Waals surface area contributed by atoms with Gasteiger partial charge in [-0.15, -0.1) is 5.10 Å². The molecule has 0 saturated heterocycles. The highest BCUT2D eigenvalue weighted by atomic mass is 35.5. The van der Waals surface area contributed by atoms with E-state index in [-0.39, 0.29) is 39.6 Å². The number of carbonyl (C=O) groups is 1. The summed E-state index contributed by atoms with van der Waals surface area (Å²) in [6.45, 7) is -2.76. The highest BCUT2D eigenvalue weighted by molar-refractivity contribution is 6.31. The van der Waals surface area contributed by atoms with Crippen molar-refractivity contribution in [2.24, 2.45) is 0 Å². The van der Waals surface area contributed by atoms with Gasteiger partial charge in [-0.25, -0.2) is 9.49 Å². The summed E-state index contributed by atoms with van der Waals surface area (Å²) in [5.74, 6) is -0.346. The van der Waals surface area contributed by atoms with Crippen LogP contribution < -0.4 is 10.1 Å². The second kappa shape index (κ2) is 9.66. The number of benzene rings is 2. The van der Waals surface area contributed by atoms with E-state index in [1.54, 1.807) is 24.3 Å². The number of aromatic amines is 1. The standard InChI is InChI=1S/C23H15ClF3N7O2/c24-18-7-13(25)2-1-12(18)11-36-15-5-3-14(4-6-15)29-22(35)17-10-34(23(26)27)20-8-19(28-9-16(17)20)21-30-32-33-31-21/h1-10,23H,11H2,(H,29,35)(H,30,31,32,33). The van der Waals surface area contributed by atoms with Crippen molar-refractivity contribution in [2.75, 3.05) is 5.32 Å². The number of ether oxygens (including phenoxy) is 1. The molecule has 0 spiro atoms. The Bertz CT molecular complexity index is 1540. The number of tetrazole rings is 1. The molecule has 1 amide bonds. The van der Waals surface area contributed by atoms with Gasteiger partial charge in [-0.05, 0) is 52.9 Å². The third kappa shape index (κ3) is 4.70. The SMILES string of the molecule is O=C(Nc1ccc(OCc2ccc(F)cc2Cl)cc1)c1cn(C(F)F)c2cc(-c3nnn[nH]3)ncc12. The summed E-state index contributed by atoms with van der Waals surface area (Å²) >= 11 is 6.00. The second-order valence-corrected chi connectivity index (χ2v) is 7.97. The van der Waals surface area contributed by atoms with Crippen molar-refractivity contribution < 1.29 is 22.7 Å². The summed E-state index contributed by atoms with van der Waals surface area (Å²) in [4.78, 5) is 17.1. The number of rotatable bonds is 7. The number of pyridine rings is 1. The van der Waals surface area contributed by atoms with Crippen LogP contribution in [0.5, 0.6) is 5.75 Å². The monoisotopic (exact) mass is 513 g/mol. The molecular formula is C23H15ClF3N7O2. The van der Waals surface area contributed by atoms with E-state index in [2.05, 4.69) is 30.9 Å². The molecule has 5 aromatic rings. The van der Waals surface area contributed by atoms with Gasteiger partial charge in [0.05, 0.1) is 16.1 Å². The van der Waals surface area contributed by atoms with Crippen LogP contribution in [0.25, 0.3) is 22.4 Å². The molecule has 0 atom stereocenters. The van der Waals surface area contributed by atoms with Crippen LogP contribution in [-0.2, 0) is 6.61 Å². The van der Waals surface area contributed by atoms with E-state index in [1.165, 1.54) is 30.5 Å². The van der Waals surface area contributed by atoms with Crippen molar-refractivity contribution >= 4 is 34.1 Å². The molecular weight excluding hydrogens is 499 g/mol. The highest BCUT2D eigenvalue weighted by Crippen LogP contribution is 2.29. The Labute approximate surface area is 205 Å². The van der Waals surface area contributed by atoms with Gasteiger partial charge in [-0.1, -0.05) is 17.7 Å². The van der Waals surface area contributed by atoms with Crippen LogP contribution in [-0.4, -0.2) is 36.1 Å². The lowest BCUT2D eigenvalue weighted by atomic mass is 10.2. The summed E-state index contributed by atoms with van der Waals surface area (Å²) in [5.41, 5.74) is 1.40. The third-order valence-electron chi connectivity index (χ3n) is 5.28. The van der Waals surface area contributed by atoms with E-state index in [9.17, 15) is 18.0 Å². The normalized spacial score (nSPS) is 11.2. The molecule has 0 radical (unpaired) electrons. The quantitative estimate of drug-likeness (QED) is 0.308. The fourth-order valence-corrected chi connectivity index (χ4v) is 3.74. The summed E-state index contributed by atoms with van der Waals surface area (Å²) < 4.78 is 46.9. The number of amides is 1. The van der Waals surface area contributed by atoms with Crippen molar-refractivity contribution in [1.29, 1.82) is 0 Å². The Morgan fingerprint density at radius 1 is 1.17 bits per heavy atom. The number of halogens is 4. The summed E-state index contributed by atoms with van der Waals surface area (Å²) in [6.07, 6.45) is 2.39. The van der Waals surface area contributed by atoms with Crippen LogP contribution >= 0.6 is 11.6 Å². The molecule has 9 nitrogen and oxygen atoms in total. The first-order valence-corrected chi connectivity index (χ1v) is 10.8. The first-order chi connectivity index (χ1) is 17.4. The van der Waals surface area contributed by atoms with Gasteiger partial charge in [-0.2, -0.15) is 8.78 Å². The number of hydrogen-bond acceptors (Lipinski definition) is 6. The first kappa shape index (κ1) is 23.3. The number of hydrogen-bond donors (Lipinski definition) is 2. The van der Waals surface area contributed by atoms with Gasteiger partial charge in [0, 0.05) is 29.0 Å². The molecule has 0 bridgehead atoms. The predicted octanol–water partition coefficient (Wildman–Crippen LogP) is 5.24. The van der Waals surface area contributed by atoms with Crippen LogP contribution in [0.3, 0.4) is 0 Å². The number of nitrogens with zero attached hydrogens (tertiary/aromatic N) is 5. The topological polar surface area (TPSA) is 111 Å². The molecule has 0 aliphatic heterocycles. The first-order valence-electron chi connectivity index (χ1n) is 10.4. The Kier molecular flexibility index (Phi) is 6.25. The summed E-state index contributed by atoms with van der Waals surface area (Å²) in [5, 5.41) is 16.3. The molecule has 3 aromatic heterocycles. The summed E-state index contributed by atoms with van der Waals surface area (Å²) in [7, 11) is 0. The van der Waals surface area contributed by atoms with Crippen molar-refractivity contribution in [3.63, 3.8) is 0 Å². The third-order valence-corrected chi connectivity index (χ3v) is 5.64. The molecule has 13 heteroatoms. The lowest BCUT2D eigenvalue weighted by Gasteiger charge is -2.09. The van der Waals surface area contributed by atoms with Crippen molar-refractivity contribution in [2.45, 2.75) is 13.2 Å². The Hall–Kier alpha value is -4.45. The van der Waals surface area contributed by atoms with E-state index in [4.69, 9.17) is 16.3 Å². The number of fused-ring (bicyclic) bond motifs is 1. The fraction of sp³-hybridized carbons (Fsp3) is 0.0870. The van der Waals surface area contributed by atoms with Gasteiger partial charge in [0.15, 0.2) is 5.82 Å². The summed E-state index contributed by atoms with van der Waals surface area (Å²) in [6, 6.07) is 11.8. The van der Waals surface area contributed by atoms with E-state index < -0.39 is 18.3 Å². The molecule has 0 unspecified atom stereocenters. The molecule has 3 heterocycles. The molecule has 2 aromatic carbocycles. The number of H-pyrrole nitrogens is 1. The molecule has 0 aliphatic carbocycles. The van der Waals surface area contributed by atoms with Gasteiger partial charge < -0.3 is 10.1 Å². The lowest BCUT2D eigenvalue weighted by molar-refractivity contribution is 0.0750. The average molecular weight is 514 g/mol. The van der Waals surface area contributed by atoms with Gasteiger partial charge in [-0.3, -0.25) is 14.3 Å². The van der Waals surface area contributed by atoms with Crippen molar-refractivity contribution in [3.05, 3.63) is 82.9 Å². The van der Waals surface area contributed by atoms with E-state index in [0.717, 1.165) is 6.20 Å². The number of alkyl halides is 2. The van der Waals surface area contributed by atoms with Crippen LogP contribution in [0, 0.1) is 5.82 Å². The van der Waals surface area contributed by atoms with Gasteiger partial charge in [0.25, 0.3) is 5.91 Å². The minimum Gasteiger partial charge on any atom is -0.489 e. The number of carbonyl (C=O) groups excluding carboxylic acids is 1. The zero-order valence-electron chi connectivity index (χ0n) is 18.1. The number of aromatic nitrogens is 6. The zero-order valence-corrected chi connectivity index (χ0v) is 18.9. The molecule has 182 valence electrons. The Morgan fingerprint density at radius 3 is 2.67 bits per heavy atom. The van der Waals surface area contributed by atoms with E-state index in [0.29, 0.717) is 21.6 Å². The molecule has 5 rings (SSSR count). The van der Waals surface area contributed by atoms with Crippen LogP contribution in [0.15, 0.2) is 60.9 Å². The smallest absolute Gasteiger partial charge is 0.319 e. The van der Waals surface area contributed by atoms with E-state index >= 15 is 0 Å². The Balaban J connectivity index is 1.33. The van der Waals surface area contributed by atoms with Gasteiger partial charge in [0.1, 0.15) is 23.9 Å². The zero-order chi connectivity index (χ0) is 25.2. The number of anilines is 1. The van der Waals surface area contributed by atoms with E-state index in [1.807, 2.05) is 0 Å². The van der Waals surface area contributed by atoms with Crippen molar-refractivity contribution in [3.8, 4) is 17.3 Å². The van der Waals surface area contributed by atoms with Crippen molar-refractivity contribution in [1.82, 2.24) is 30.2 Å². The average Bonchev–Trinajstić information content (AvgIpc) is 3.52. The minimum atomic E-state index is -2.89. The molecule has 0 fully saturated rings. The second-order valence-electron chi connectivity index (χ2n) is 7.57. The maximum Gasteiger partial charge on any atom is 0.319 e. The minimum absolute atomic E-state index is 0.0197. The Morgan fingerprint density at radius 2 is 1.97 bits per heavy atom. The van der Waals surface area contributed by atoms with Gasteiger partial charge in [0.2, 0.25) is 0 Å². The molecule has 0 aliphatic rings. The van der Waals surface area contributed by atoms with Crippen LogP contribution in [0.1, 0.15) is 22.5 Å². The van der Waals surface area contributed by atoms with Crippen LogP contribution in [0.2, 0.25) is 5.02 Å². The molecule has 0 saturated carbocycles. The lowest BCUT2D eigenvalue weighted by Crippen LogP contribution is -2.11. The maximum absolute atomic E-state index is 13.7. The largest absolute Gasteiger partial charge is 0.489 e. The maximum atomic E-state index is 13.7. The van der Waals surface area contributed by atoms with Crippen LogP contribution in [0.4, 0.5) is 18.9 Å². The predicted molar refractivity (Wildman–Crippen MR) is 124 cm³/mol. The fourth-order valence-electron chi connectivity index (χ4n) is 3.52. The highest BCUT2D eigenvalue weighted by Gasteiger charge is 2.21.